The summed E-state index contributed by atoms with van der Waals surface area (Å²) in [4.78, 5) is 26.8. The lowest BCUT2D eigenvalue weighted by Crippen LogP contribution is -2.31. The van der Waals surface area contributed by atoms with Crippen LogP contribution in [-0.2, 0) is 4.79 Å². The second-order valence-corrected chi connectivity index (χ2v) is 6.57. The summed E-state index contributed by atoms with van der Waals surface area (Å²) in [5.41, 5.74) is 0.268. The summed E-state index contributed by atoms with van der Waals surface area (Å²) in [5.74, 6) is -0.960. The van der Waals surface area contributed by atoms with Crippen molar-refractivity contribution in [2.24, 2.45) is 11.8 Å². The number of nitrogens with zero attached hydrogens (tertiary/aromatic N) is 1. The van der Waals surface area contributed by atoms with E-state index in [0.29, 0.717) is 16.9 Å². The van der Waals surface area contributed by atoms with Gasteiger partial charge in [0.1, 0.15) is 5.15 Å². The van der Waals surface area contributed by atoms with Gasteiger partial charge in [-0.15, -0.1) is 0 Å². The molecule has 1 rings (SSSR count). The third-order valence-electron chi connectivity index (χ3n) is 2.87. The van der Waals surface area contributed by atoms with Crippen molar-refractivity contribution in [1.29, 1.82) is 0 Å². The maximum Gasteiger partial charge on any atom is 0.303 e. The maximum atomic E-state index is 12.1. The molecule has 0 unspecified atom stereocenters. The zero-order valence-electron chi connectivity index (χ0n) is 11.9. The van der Waals surface area contributed by atoms with E-state index in [1.54, 1.807) is 6.07 Å². The minimum Gasteiger partial charge on any atom is -0.481 e. The van der Waals surface area contributed by atoms with Crippen molar-refractivity contribution in [3.8, 4) is 0 Å². The minimum absolute atomic E-state index is 0.0307. The Morgan fingerprint density at radius 2 is 2.14 bits per heavy atom. The number of rotatable bonds is 7. The van der Waals surface area contributed by atoms with Crippen LogP contribution in [0, 0.1) is 11.8 Å². The highest BCUT2D eigenvalue weighted by Crippen LogP contribution is 2.19. The highest BCUT2D eigenvalue weighted by molar-refractivity contribution is 9.10. The Balaban J connectivity index is 2.68. The van der Waals surface area contributed by atoms with Crippen LogP contribution in [0.2, 0.25) is 5.15 Å². The van der Waals surface area contributed by atoms with Gasteiger partial charge in [-0.1, -0.05) is 25.4 Å². The van der Waals surface area contributed by atoms with Crippen molar-refractivity contribution in [1.82, 2.24) is 10.3 Å². The first kappa shape index (κ1) is 17.9. The average Bonchev–Trinajstić information content (AvgIpc) is 2.37. The van der Waals surface area contributed by atoms with Gasteiger partial charge in [0.2, 0.25) is 0 Å². The lowest BCUT2D eigenvalue weighted by atomic mass is 9.94. The number of carbonyl (C=O) groups excluding carboxylic acids is 1. The highest BCUT2D eigenvalue weighted by atomic mass is 79.9. The molecule has 1 aromatic rings. The number of hydrogen-bond acceptors (Lipinski definition) is 3. The second-order valence-electron chi connectivity index (χ2n) is 5.30. The molecule has 0 saturated carbocycles. The molecular formula is C14H18BrClN2O3. The topological polar surface area (TPSA) is 79.3 Å². The Hall–Kier alpha value is -1.14. The summed E-state index contributed by atoms with van der Waals surface area (Å²) >= 11 is 9.12. The summed E-state index contributed by atoms with van der Waals surface area (Å²) < 4.78 is 0.654. The molecule has 0 saturated heterocycles. The smallest absolute Gasteiger partial charge is 0.303 e. The molecular weight excluding hydrogens is 360 g/mol. The van der Waals surface area contributed by atoms with Gasteiger partial charge < -0.3 is 10.4 Å². The largest absolute Gasteiger partial charge is 0.481 e. The Morgan fingerprint density at radius 1 is 1.48 bits per heavy atom. The van der Waals surface area contributed by atoms with Gasteiger partial charge in [0, 0.05) is 23.6 Å². The SMILES string of the molecule is CC(C)C[C@H](CNC(=O)c1cc(Br)cnc1Cl)CC(=O)O. The van der Waals surface area contributed by atoms with E-state index in [2.05, 4.69) is 26.2 Å². The van der Waals surface area contributed by atoms with Crippen LogP contribution in [0.15, 0.2) is 16.7 Å². The molecule has 0 bridgehead atoms. The van der Waals surface area contributed by atoms with Gasteiger partial charge in [-0.2, -0.15) is 0 Å². The Bertz CT molecular complexity index is 523. The standard InChI is InChI=1S/C14H18BrClN2O3/c1-8(2)3-9(4-12(19)20)6-18-14(21)11-5-10(15)7-17-13(11)16/h5,7-9H,3-4,6H2,1-2H3,(H,18,21)(H,19,20)/t9-/m0/s1. The number of carboxylic acids is 1. The lowest BCUT2D eigenvalue weighted by Gasteiger charge is -2.18. The van der Waals surface area contributed by atoms with Crippen molar-refractivity contribution >= 4 is 39.4 Å². The lowest BCUT2D eigenvalue weighted by molar-refractivity contribution is -0.138. The molecule has 1 heterocycles. The van der Waals surface area contributed by atoms with E-state index < -0.39 is 5.97 Å². The molecule has 5 nitrogen and oxygen atoms in total. The van der Waals surface area contributed by atoms with Crippen molar-refractivity contribution in [2.75, 3.05) is 6.54 Å². The molecule has 0 fully saturated rings. The maximum absolute atomic E-state index is 12.1. The van der Waals surface area contributed by atoms with Gasteiger partial charge in [0.05, 0.1) is 5.56 Å². The fourth-order valence-corrected chi connectivity index (χ4v) is 2.59. The monoisotopic (exact) mass is 376 g/mol. The molecule has 1 aromatic heterocycles. The van der Waals surface area contributed by atoms with E-state index in [4.69, 9.17) is 16.7 Å². The van der Waals surface area contributed by atoms with Gasteiger partial charge >= 0.3 is 5.97 Å². The normalized spacial score (nSPS) is 12.2. The van der Waals surface area contributed by atoms with Crippen LogP contribution < -0.4 is 5.32 Å². The summed E-state index contributed by atoms with van der Waals surface area (Å²) in [6.45, 7) is 4.34. The molecule has 1 amide bonds. The Kier molecular flexibility index (Phi) is 7.11. The van der Waals surface area contributed by atoms with Gasteiger partial charge in [0.25, 0.3) is 5.91 Å². The van der Waals surface area contributed by atoms with Crippen LogP contribution in [0.5, 0.6) is 0 Å². The third kappa shape index (κ3) is 6.44. The van der Waals surface area contributed by atoms with Crippen LogP contribution in [0.25, 0.3) is 0 Å². The third-order valence-corrected chi connectivity index (χ3v) is 3.60. The first-order chi connectivity index (χ1) is 9.79. The molecule has 0 aliphatic carbocycles. The van der Waals surface area contributed by atoms with Gasteiger partial charge in [0.15, 0.2) is 0 Å². The van der Waals surface area contributed by atoms with E-state index >= 15 is 0 Å². The molecule has 7 heteroatoms. The number of halogens is 2. The van der Waals surface area contributed by atoms with E-state index in [0.717, 1.165) is 6.42 Å². The number of carbonyl (C=O) groups is 2. The molecule has 0 aliphatic rings. The fourth-order valence-electron chi connectivity index (χ4n) is 2.07. The fraction of sp³-hybridized carbons (Fsp3) is 0.500. The van der Waals surface area contributed by atoms with Crippen molar-refractivity contribution in [3.05, 3.63) is 27.5 Å². The first-order valence-corrected chi connectivity index (χ1v) is 7.77. The number of amides is 1. The molecule has 0 aliphatic heterocycles. The van der Waals surface area contributed by atoms with E-state index in [9.17, 15) is 9.59 Å². The molecule has 21 heavy (non-hydrogen) atoms. The van der Waals surface area contributed by atoms with Crippen LogP contribution >= 0.6 is 27.5 Å². The predicted octanol–water partition coefficient (Wildman–Crippen LogP) is 3.36. The second kappa shape index (κ2) is 8.34. The van der Waals surface area contributed by atoms with Gasteiger partial charge in [-0.3, -0.25) is 9.59 Å². The number of aliphatic carboxylic acids is 1. The number of pyridine rings is 1. The quantitative estimate of drug-likeness (QED) is 0.714. The van der Waals surface area contributed by atoms with Crippen molar-refractivity contribution in [3.63, 3.8) is 0 Å². The summed E-state index contributed by atoms with van der Waals surface area (Å²) in [7, 11) is 0. The molecule has 0 aromatic carbocycles. The number of nitrogens with one attached hydrogen (secondary N) is 1. The molecule has 0 radical (unpaired) electrons. The van der Waals surface area contributed by atoms with Crippen LogP contribution in [0.1, 0.15) is 37.0 Å². The zero-order chi connectivity index (χ0) is 16.0. The Morgan fingerprint density at radius 3 is 2.71 bits per heavy atom. The van der Waals surface area contributed by atoms with Crippen LogP contribution in [0.3, 0.4) is 0 Å². The van der Waals surface area contributed by atoms with E-state index in [-0.39, 0.29) is 29.0 Å². The molecule has 116 valence electrons. The summed E-state index contributed by atoms with van der Waals surface area (Å²) in [5, 5.41) is 11.8. The highest BCUT2D eigenvalue weighted by Gasteiger charge is 2.18. The van der Waals surface area contributed by atoms with E-state index in [1.165, 1.54) is 6.20 Å². The van der Waals surface area contributed by atoms with Crippen molar-refractivity contribution in [2.45, 2.75) is 26.7 Å². The summed E-state index contributed by atoms with van der Waals surface area (Å²) in [6, 6.07) is 1.58. The molecule has 2 N–H and O–H groups in total. The zero-order valence-corrected chi connectivity index (χ0v) is 14.2. The molecule has 0 spiro atoms. The number of hydrogen-bond donors (Lipinski definition) is 2. The average molecular weight is 378 g/mol. The Labute approximate surface area is 137 Å². The minimum atomic E-state index is -0.864. The van der Waals surface area contributed by atoms with Crippen LogP contribution in [0.4, 0.5) is 0 Å². The number of aromatic nitrogens is 1. The summed E-state index contributed by atoms with van der Waals surface area (Å²) in [6.07, 6.45) is 2.27. The van der Waals surface area contributed by atoms with Crippen molar-refractivity contribution < 1.29 is 14.7 Å². The number of carboxylic acid groups (broad SMARTS) is 1. The first-order valence-electron chi connectivity index (χ1n) is 6.60. The molecule has 1 atom stereocenters. The van der Waals surface area contributed by atoms with Gasteiger partial charge in [-0.05, 0) is 40.3 Å². The van der Waals surface area contributed by atoms with E-state index in [1.807, 2.05) is 13.8 Å². The van der Waals surface area contributed by atoms with Gasteiger partial charge in [-0.25, -0.2) is 4.98 Å². The predicted molar refractivity (Wildman–Crippen MR) is 84.5 cm³/mol. The van der Waals surface area contributed by atoms with Crippen LogP contribution in [-0.4, -0.2) is 28.5 Å².